The number of ketones is 1. The molecule has 4 heteroatoms. The second kappa shape index (κ2) is 5.75. The van der Waals surface area contributed by atoms with Crippen molar-refractivity contribution in [1.82, 2.24) is 0 Å². The molecule has 2 aliphatic heterocycles. The van der Waals surface area contributed by atoms with Gasteiger partial charge in [0.1, 0.15) is 5.78 Å². The third kappa shape index (κ3) is 3.03. The Balaban J connectivity index is 1.63. The van der Waals surface area contributed by atoms with Crippen LogP contribution in [0.2, 0.25) is 0 Å². The fraction of sp³-hybridized carbons (Fsp3) is 0.917. The molecule has 0 aromatic rings. The third-order valence-electron chi connectivity index (χ3n) is 3.51. The van der Waals surface area contributed by atoms with Crippen LogP contribution in [0.1, 0.15) is 32.1 Å². The van der Waals surface area contributed by atoms with Gasteiger partial charge in [-0.1, -0.05) is 0 Å². The normalized spacial score (nSPS) is 34.4. The van der Waals surface area contributed by atoms with E-state index in [9.17, 15) is 4.79 Å². The number of nitrogens with two attached hydrogens (primary N) is 1. The zero-order valence-corrected chi connectivity index (χ0v) is 9.69. The first-order chi connectivity index (χ1) is 7.77. The van der Waals surface area contributed by atoms with Crippen molar-refractivity contribution in [2.45, 2.75) is 44.2 Å². The molecule has 2 heterocycles. The predicted molar refractivity (Wildman–Crippen MR) is 60.1 cm³/mol. The molecule has 2 N–H and O–H groups in total. The quantitative estimate of drug-likeness (QED) is 0.757. The molecule has 2 fully saturated rings. The molecule has 0 aromatic carbocycles. The summed E-state index contributed by atoms with van der Waals surface area (Å²) in [5.74, 6) is 0.201. The summed E-state index contributed by atoms with van der Waals surface area (Å²) < 4.78 is 10.7. The molecule has 2 aliphatic rings. The van der Waals surface area contributed by atoms with Crippen LogP contribution >= 0.6 is 0 Å². The molecule has 0 amide bonds. The van der Waals surface area contributed by atoms with E-state index in [-0.39, 0.29) is 17.7 Å². The van der Waals surface area contributed by atoms with E-state index in [1.54, 1.807) is 0 Å². The molecule has 0 aliphatic carbocycles. The fourth-order valence-corrected chi connectivity index (χ4v) is 2.46. The maximum atomic E-state index is 11.8. The molecule has 0 bridgehead atoms. The first kappa shape index (κ1) is 12.0. The number of hydrogen-bond acceptors (Lipinski definition) is 4. The second-order valence-corrected chi connectivity index (χ2v) is 4.80. The van der Waals surface area contributed by atoms with E-state index in [1.807, 2.05) is 0 Å². The van der Waals surface area contributed by atoms with Crippen LogP contribution in [-0.2, 0) is 14.3 Å². The summed E-state index contributed by atoms with van der Waals surface area (Å²) in [6, 6.07) is -0.0877. The highest BCUT2D eigenvalue weighted by atomic mass is 16.5. The minimum Gasteiger partial charge on any atom is -0.379 e. The van der Waals surface area contributed by atoms with E-state index in [1.165, 1.54) is 6.42 Å². The van der Waals surface area contributed by atoms with Gasteiger partial charge in [-0.3, -0.25) is 4.79 Å². The Morgan fingerprint density at radius 1 is 1.38 bits per heavy atom. The number of carbonyl (C=O) groups excluding carboxylic acids is 1. The Kier molecular flexibility index (Phi) is 4.32. The van der Waals surface area contributed by atoms with Gasteiger partial charge in [0, 0.05) is 19.1 Å². The molecule has 3 unspecified atom stereocenters. The predicted octanol–water partition coefficient (Wildman–Crippen LogP) is 0.878. The van der Waals surface area contributed by atoms with E-state index in [4.69, 9.17) is 15.2 Å². The zero-order chi connectivity index (χ0) is 11.4. The first-order valence-corrected chi connectivity index (χ1v) is 6.25. The SMILES string of the molecule is NC1COCC1C(=O)CCCC1CCCO1. The van der Waals surface area contributed by atoms with Crippen molar-refractivity contribution >= 4 is 5.78 Å². The topological polar surface area (TPSA) is 61.5 Å². The van der Waals surface area contributed by atoms with Crippen molar-refractivity contribution in [3.63, 3.8) is 0 Å². The number of rotatable bonds is 5. The minimum atomic E-state index is -0.0877. The Morgan fingerprint density at radius 3 is 2.88 bits per heavy atom. The number of ether oxygens (including phenoxy) is 2. The Morgan fingerprint density at radius 2 is 2.25 bits per heavy atom. The molecule has 92 valence electrons. The van der Waals surface area contributed by atoms with Crippen molar-refractivity contribution < 1.29 is 14.3 Å². The van der Waals surface area contributed by atoms with Crippen LogP contribution in [0.3, 0.4) is 0 Å². The smallest absolute Gasteiger partial charge is 0.139 e. The summed E-state index contributed by atoms with van der Waals surface area (Å²) in [5, 5.41) is 0. The van der Waals surface area contributed by atoms with Gasteiger partial charge in [0.25, 0.3) is 0 Å². The van der Waals surface area contributed by atoms with Crippen molar-refractivity contribution in [3.05, 3.63) is 0 Å². The lowest BCUT2D eigenvalue weighted by Crippen LogP contribution is -2.34. The van der Waals surface area contributed by atoms with Crippen LogP contribution in [0.4, 0.5) is 0 Å². The Bertz CT molecular complexity index is 238. The average molecular weight is 227 g/mol. The highest BCUT2D eigenvalue weighted by Crippen LogP contribution is 2.20. The monoisotopic (exact) mass is 227 g/mol. The van der Waals surface area contributed by atoms with Crippen LogP contribution in [0.5, 0.6) is 0 Å². The lowest BCUT2D eigenvalue weighted by atomic mass is 9.95. The summed E-state index contributed by atoms with van der Waals surface area (Å²) >= 11 is 0. The number of hydrogen-bond donors (Lipinski definition) is 1. The highest BCUT2D eigenvalue weighted by Gasteiger charge is 2.30. The molecule has 2 rings (SSSR count). The van der Waals surface area contributed by atoms with Crippen LogP contribution in [-0.4, -0.2) is 37.7 Å². The molecular weight excluding hydrogens is 206 g/mol. The van der Waals surface area contributed by atoms with Crippen LogP contribution in [0.25, 0.3) is 0 Å². The van der Waals surface area contributed by atoms with Crippen LogP contribution in [0, 0.1) is 5.92 Å². The van der Waals surface area contributed by atoms with Crippen molar-refractivity contribution in [1.29, 1.82) is 0 Å². The second-order valence-electron chi connectivity index (χ2n) is 4.80. The number of carbonyl (C=O) groups is 1. The highest BCUT2D eigenvalue weighted by molar-refractivity contribution is 5.82. The van der Waals surface area contributed by atoms with E-state index < -0.39 is 0 Å². The van der Waals surface area contributed by atoms with Gasteiger partial charge in [0.05, 0.1) is 25.2 Å². The molecule has 4 nitrogen and oxygen atoms in total. The summed E-state index contributed by atoms with van der Waals surface area (Å²) in [5.41, 5.74) is 5.80. The average Bonchev–Trinajstić information content (AvgIpc) is 2.88. The van der Waals surface area contributed by atoms with Gasteiger partial charge in [-0.25, -0.2) is 0 Å². The molecule has 2 saturated heterocycles. The maximum absolute atomic E-state index is 11.8. The van der Waals surface area contributed by atoms with Gasteiger partial charge in [-0.05, 0) is 25.7 Å². The van der Waals surface area contributed by atoms with E-state index in [0.717, 1.165) is 25.9 Å². The summed E-state index contributed by atoms with van der Waals surface area (Å²) in [4.78, 5) is 11.8. The Hall–Kier alpha value is -0.450. The standard InChI is InChI=1S/C12H21NO3/c13-11-8-15-7-10(11)12(14)5-1-3-9-4-2-6-16-9/h9-11H,1-8,13H2. The van der Waals surface area contributed by atoms with Gasteiger partial charge in [0.2, 0.25) is 0 Å². The summed E-state index contributed by atoms with van der Waals surface area (Å²) in [6.45, 7) is 1.93. The fourth-order valence-electron chi connectivity index (χ4n) is 2.46. The Labute approximate surface area is 96.5 Å². The summed E-state index contributed by atoms with van der Waals surface area (Å²) in [6.07, 6.45) is 5.27. The van der Waals surface area contributed by atoms with E-state index in [0.29, 0.717) is 25.7 Å². The summed E-state index contributed by atoms with van der Waals surface area (Å²) in [7, 11) is 0. The molecular formula is C12H21NO3. The molecule has 0 saturated carbocycles. The van der Waals surface area contributed by atoms with Crippen LogP contribution < -0.4 is 5.73 Å². The van der Waals surface area contributed by atoms with Crippen LogP contribution in [0.15, 0.2) is 0 Å². The van der Waals surface area contributed by atoms with Gasteiger partial charge >= 0.3 is 0 Å². The van der Waals surface area contributed by atoms with E-state index >= 15 is 0 Å². The minimum absolute atomic E-state index is 0.0653. The van der Waals surface area contributed by atoms with Crippen molar-refractivity contribution in [2.75, 3.05) is 19.8 Å². The lowest BCUT2D eigenvalue weighted by Gasteiger charge is -2.13. The van der Waals surface area contributed by atoms with Gasteiger partial charge in [0.15, 0.2) is 0 Å². The molecule has 3 atom stereocenters. The largest absolute Gasteiger partial charge is 0.379 e. The molecule has 0 radical (unpaired) electrons. The lowest BCUT2D eigenvalue weighted by molar-refractivity contribution is -0.123. The van der Waals surface area contributed by atoms with Gasteiger partial charge < -0.3 is 15.2 Å². The third-order valence-corrected chi connectivity index (χ3v) is 3.51. The maximum Gasteiger partial charge on any atom is 0.139 e. The van der Waals surface area contributed by atoms with Crippen molar-refractivity contribution in [3.8, 4) is 0 Å². The zero-order valence-electron chi connectivity index (χ0n) is 9.69. The van der Waals surface area contributed by atoms with E-state index in [2.05, 4.69) is 0 Å². The molecule has 0 aromatic heterocycles. The van der Waals surface area contributed by atoms with Gasteiger partial charge in [-0.2, -0.15) is 0 Å². The first-order valence-electron chi connectivity index (χ1n) is 6.25. The molecule has 16 heavy (non-hydrogen) atoms. The van der Waals surface area contributed by atoms with Crippen molar-refractivity contribution in [2.24, 2.45) is 11.7 Å². The molecule has 0 spiro atoms. The number of Topliss-reactive ketones (excluding diaryl/α,β-unsaturated/α-hetero) is 1. The van der Waals surface area contributed by atoms with Gasteiger partial charge in [-0.15, -0.1) is 0 Å².